The lowest BCUT2D eigenvalue weighted by molar-refractivity contribution is -0.111. The smallest absolute Gasteiger partial charge is 0.248 e. The summed E-state index contributed by atoms with van der Waals surface area (Å²) in [6, 6.07) is 20.9. The Kier molecular flexibility index (Phi) is 5.85. The Morgan fingerprint density at radius 1 is 0.909 bits per heavy atom. The number of nitrogens with one attached hydrogen (secondary N) is 1. The predicted molar refractivity (Wildman–Crippen MR) is 128 cm³/mol. The summed E-state index contributed by atoms with van der Waals surface area (Å²) in [4.78, 5) is 12.7. The first-order valence-corrected chi connectivity index (χ1v) is 12.3. The summed E-state index contributed by atoms with van der Waals surface area (Å²) in [5.41, 5.74) is 6.47. The maximum atomic E-state index is 12.7. The highest BCUT2D eigenvalue weighted by Crippen LogP contribution is 2.37. The van der Waals surface area contributed by atoms with Gasteiger partial charge < -0.3 is 10.1 Å². The summed E-state index contributed by atoms with van der Waals surface area (Å²) < 4.78 is 32.1. The predicted octanol–water partition coefficient (Wildman–Crippen LogP) is 3.93. The van der Waals surface area contributed by atoms with Crippen molar-refractivity contribution < 1.29 is 17.9 Å². The first-order valence-electron chi connectivity index (χ1n) is 10.9. The first-order chi connectivity index (χ1) is 16.0. The fourth-order valence-corrected chi connectivity index (χ4v) is 5.67. The minimum atomic E-state index is -3.53. The molecule has 0 atom stereocenters. The van der Waals surface area contributed by atoms with Crippen LogP contribution >= 0.6 is 0 Å². The van der Waals surface area contributed by atoms with Crippen LogP contribution < -0.4 is 5.32 Å². The molecule has 168 valence electrons. The van der Waals surface area contributed by atoms with Crippen molar-refractivity contribution in [3.05, 3.63) is 89.5 Å². The van der Waals surface area contributed by atoms with Crippen molar-refractivity contribution in [2.24, 2.45) is 0 Å². The molecule has 1 amide bonds. The molecule has 6 nitrogen and oxygen atoms in total. The SMILES string of the molecule is O=C(/C=C/c1ccc(S(=O)(=O)N2CCOCC2)cc1)Nc1ccc2c(c1)Cc1ccccc1-2. The van der Waals surface area contributed by atoms with Gasteiger partial charge in [-0.15, -0.1) is 0 Å². The Morgan fingerprint density at radius 2 is 1.64 bits per heavy atom. The third-order valence-electron chi connectivity index (χ3n) is 5.98. The lowest BCUT2D eigenvalue weighted by atomic mass is 10.1. The summed E-state index contributed by atoms with van der Waals surface area (Å²) in [6.45, 7) is 1.54. The minimum Gasteiger partial charge on any atom is -0.379 e. The highest BCUT2D eigenvalue weighted by Gasteiger charge is 2.26. The number of nitrogens with zero attached hydrogens (tertiary/aromatic N) is 1. The number of fused-ring (bicyclic) bond motifs is 3. The molecule has 1 saturated heterocycles. The fraction of sp³-hybridized carbons (Fsp3) is 0.192. The number of carbonyl (C=O) groups is 1. The molecule has 2 aliphatic rings. The second kappa shape index (κ2) is 8.94. The maximum Gasteiger partial charge on any atom is 0.248 e. The Morgan fingerprint density at radius 3 is 2.42 bits per heavy atom. The molecular weight excluding hydrogens is 436 g/mol. The van der Waals surface area contributed by atoms with E-state index in [2.05, 4.69) is 17.4 Å². The molecule has 0 spiro atoms. The number of hydrogen-bond acceptors (Lipinski definition) is 4. The number of amides is 1. The van der Waals surface area contributed by atoms with Crippen LogP contribution in [0.2, 0.25) is 0 Å². The molecule has 5 rings (SSSR count). The number of hydrogen-bond donors (Lipinski definition) is 1. The second-order valence-electron chi connectivity index (χ2n) is 8.11. The normalized spacial score (nSPS) is 15.9. The van der Waals surface area contributed by atoms with Crippen molar-refractivity contribution in [3.8, 4) is 11.1 Å². The van der Waals surface area contributed by atoms with Crippen LogP contribution in [0.5, 0.6) is 0 Å². The van der Waals surface area contributed by atoms with Crippen LogP contribution in [-0.2, 0) is 26.0 Å². The number of anilines is 1. The molecule has 0 bridgehead atoms. The third-order valence-corrected chi connectivity index (χ3v) is 7.89. The standard InChI is InChI=1S/C26H24N2O4S/c29-26(27-22-8-11-25-21(18-22)17-20-3-1-2-4-24(20)25)12-7-19-5-9-23(10-6-19)33(30,31)28-13-15-32-16-14-28/h1-12,18H,13-17H2,(H,27,29)/b12-7+. The van der Waals surface area contributed by atoms with Gasteiger partial charge in [-0.3, -0.25) is 4.79 Å². The van der Waals surface area contributed by atoms with Gasteiger partial charge in [-0.25, -0.2) is 8.42 Å². The van der Waals surface area contributed by atoms with Crippen LogP contribution in [0.15, 0.2) is 77.7 Å². The van der Waals surface area contributed by atoms with Crippen molar-refractivity contribution in [3.63, 3.8) is 0 Å². The van der Waals surface area contributed by atoms with Crippen LogP contribution in [0, 0.1) is 0 Å². The first kappa shape index (κ1) is 21.6. The minimum absolute atomic E-state index is 0.240. The molecule has 1 N–H and O–H groups in total. The van der Waals surface area contributed by atoms with E-state index < -0.39 is 10.0 Å². The maximum absolute atomic E-state index is 12.7. The van der Waals surface area contributed by atoms with Crippen molar-refractivity contribution in [2.75, 3.05) is 31.6 Å². The van der Waals surface area contributed by atoms with Crippen LogP contribution in [-0.4, -0.2) is 44.9 Å². The van der Waals surface area contributed by atoms with Crippen LogP contribution in [0.25, 0.3) is 17.2 Å². The van der Waals surface area contributed by atoms with E-state index in [0.29, 0.717) is 26.3 Å². The van der Waals surface area contributed by atoms with E-state index in [1.165, 1.54) is 32.6 Å². The lowest BCUT2D eigenvalue weighted by Gasteiger charge is -2.26. The number of morpholine rings is 1. The van der Waals surface area contributed by atoms with Crippen LogP contribution in [0.1, 0.15) is 16.7 Å². The molecule has 3 aromatic carbocycles. The van der Waals surface area contributed by atoms with E-state index in [1.54, 1.807) is 30.3 Å². The zero-order valence-electron chi connectivity index (χ0n) is 18.0. The fourth-order valence-electron chi connectivity index (χ4n) is 4.27. The van der Waals surface area contributed by atoms with Crippen molar-refractivity contribution in [1.29, 1.82) is 0 Å². The van der Waals surface area contributed by atoms with Crippen LogP contribution in [0.4, 0.5) is 5.69 Å². The highest BCUT2D eigenvalue weighted by molar-refractivity contribution is 7.89. The zero-order valence-corrected chi connectivity index (χ0v) is 18.8. The van der Waals surface area contributed by atoms with Gasteiger partial charge in [0.1, 0.15) is 0 Å². The van der Waals surface area contributed by atoms with Gasteiger partial charge >= 0.3 is 0 Å². The number of carbonyl (C=O) groups excluding carboxylic acids is 1. The summed E-state index contributed by atoms with van der Waals surface area (Å²) in [7, 11) is -3.53. The average molecular weight is 461 g/mol. The largest absolute Gasteiger partial charge is 0.379 e. The van der Waals surface area contributed by atoms with Gasteiger partial charge in [0, 0.05) is 24.9 Å². The van der Waals surface area contributed by atoms with Gasteiger partial charge in [0.2, 0.25) is 15.9 Å². The number of ether oxygens (including phenoxy) is 1. The van der Waals surface area contributed by atoms with Gasteiger partial charge in [0.25, 0.3) is 0 Å². The van der Waals surface area contributed by atoms with E-state index in [1.807, 2.05) is 30.3 Å². The molecule has 1 heterocycles. The second-order valence-corrected chi connectivity index (χ2v) is 10.1. The van der Waals surface area contributed by atoms with Gasteiger partial charge in [-0.1, -0.05) is 42.5 Å². The van der Waals surface area contributed by atoms with Crippen molar-refractivity contribution in [2.45, 2.75) is 11.3 Å². The lowest BCUT2D eigenvalue weighted by Crippen LogP contribution is -2.40. The van der Waals surface area contributed by atoms with Crippen molar-refractivity contribution >= 4 is 27.7 Å². The van der Waals surface area contributed by atoms with Gasteiger partial charge in [-0.05, 0) is 64.6 Å². The van der Waals surface area contributed by atoms with E-state index in [9.17, 15) is 13.2 Å². The topological polar surface area (TPSA) is 75.7 Å². The number of sulfonamides is 1. The molecule has 7 heteroatoms. The quantitative estimate of drug-likeness (QED) is 0.458. The summed E-state index contributed by atoms with van der Waals surface area (Å²) >= 11 is 0. The molecule has 3 aromatic rings. The summed E-state index contributed by atoms with van der Waals surface area (Å²) in [5, 5.41) is 2.91. The zero-order chi connectivity index (χ0) is 22.8. The summed E-state index contributed by atoms with van der Waals surface area (Å²) in [5.74, 6) is -0.240. The molecular formula is C26H24N2O4S. The Balaban J connectivity index is 1.23. The monoisotopic (exact) mass is 460 g/mol. The Hall–Kier alpha value is -3.26. The molecule has 0 unspecified atom stereocenters. The van der Waals surface area contributed by atoms with Crippen molar-refractivity contribution in [1.82, 2.24) is 4.31 Å². The van der Waals surface area contributed by atoms with Gasteiger partial charge in [-0.2, -0.15) is 4.31 Å². The van der Waals surface area contributed by atoms with Gasteiger partial charge in [0.15, 0.2) is 0 Å². The number of rotatable bonds is 5. The molecule has 1 fully saturated rings. The molecule has 1 aliphatic carbocycles. The third kappa shape index (κ3) is 4.48. The Labute approximate surface area is 193 Å². The molecule has 0 aromatic heterocycles. The van der Waals surface area contributed by atoms with Crippen LogP contribution in [0.3, 0.4) is 0 Å². The van der Waals surface area contributed by atoms with E-state index in [4.69, 9.17) is 4.74 Å². The average Bonchev–Trinajstić information content (AvgIpc) is 3.21. The highest BCUT2D eigenvalue weighted by atomic mass is 32.2. The molecule has 0 saturated carbocycles. The van der Waals surface area contributed by atoms with Gasteiger partial charge in [0.05, 0.1) is 18.1 Å². The van der Waals surface area contributed by atoms with E-state index >= 15 is 0 Å². The van der Waals surface area contributed by atoms with E-state index in [-0.39, 0.29) is 10.8 Å². The summed E-state index contributed by atoms with van der Waals surface area (Å²) in [6.07, 6.45) is 3.99. The Bertz CT molecular complexity index is 1320. The molecule has 1 aliphatic heterocycles. The molecule has 33 heavy (non-hydrogen) atoms. The number of benzene rings is 3. The van der Waals surface area contributed by atoms with E-state index in [0.717, 1.165) is 17.7 Å². The molecule has 0 radical (unpaired) electrons.